The van der Waals surface area contributed by atoms with E-state index in [9.17, 15) is 0 Å². The van der Waals surface area contributed by atoms with Crippen LogP contribution in [0.3, 0.4) is 0 Å². The summed E-state index contributed by atoms with van der Waals surface area (Å²) in [5.41, 5.74) is 4.14. The van der Waals surface area contributed by atoms with Crippen molar-refractivity contribution in [2.75, 3.05) is 6.54 Å². The fourth-order valence-electron chi connectivity index (χ4n) is 3.60. The van der Waals surface area contributed by atoms with E-state index in [2.05, 4.69) is 59.3 Å². The van der Waals surface area contributed by atoms with E-state index < -0.39 is 0 Å². The molecule has 1 N–H and O–H groups in total. The van der Waals surface area contributed by atoms with Gasteiger partial charge in [0.15, 0.2) is 0 Å². The minimum absolute atomic E-state index is 0.545. The van der Waals surface area contributed by atoms with Gasteiger partial charge >= 0.3 is 0 Å². The zero-order chi connectivity index (χ0) is 13.5. The van der Waals surface area contributed by atoms with Crippen molar-refractivity contribution in [1.29, 1.82) is 0 Å². The van der Waals surface area contributed by atoms with Crippen LogP contribution in [0.4, 0.5) is 0 Å². The van der Waals surface area contributed by atoms with Crippen LogP contribution in [0.25, 0.3) is 21.8 Å². The number of aromatic nitrogens is 1. The Morgan fingerprint density at radius 1 is 1.10 bits per heavy atom. The maximum Gasteiger partial charge on any atom is 0.0491 e. The van der Waals surface area contributed by atoms with Crippen LogP contribution >= 0.6 is 0 Å². The molecule has 1 atom stereocenters. The minimum atomic E-state index is 0.545. The summed E-state index contributed by atoms with van der Waals surface area (Å²) in [6, 6.07) is 16.3. The second kappa shape index (κ2) is 4.64. The molecule has 0 spiro atoms. The Hall–Kier alpha value is -1.80. The normalized spacial score (nSPS) is 19.1. The van der Waals surface area contributed by atoms with Gasteiger partial charge in [0.1, 0.15) is 0 Å². The van der Waals surface area contributed by atoms with E-state index in [1.54, 1.807) is 0 Å². The van der Waals surface area contributed by atoms with Crippen LogP contribution in [0.2, 0.25) is 0 Å². The minimum Gasteiger partial charge on any atom is -0.341 e. The molecule has 1 aliphatic heterocycles. The fraction of sp³-hybridized carbons (Fsp3) is 0.333. The topological polar surface area (TPSA) is 17.0 Å². The van der Waals surface area contributed by atoms with Gasteiger partial charge in [0.05, 0.1) is 0 Å². The number of aryl methyl sites for hydroxylation is 1. The summed E-state index contributed by atoms with van der Waals surface area (Å²) < 4.78 is 2.41. The summed E-state index contributed by atoms with van der Waals surface area (Å²) >= 11 is 0. The van der Waals surface area contributed by atoms with Gasteiger partial charge in [0.2, 0.25) is 0 Å². The van der Waals surface area contributed by atoms with Crippen LogP contribution in [0.1, 0.15) is 31.4 Å². The highest BCUT2D eigenvalue weighted by molar-refractivity contribution is 6.08. The Labute approximate surface area is 119 Å². The lowest BCUT2D eigenvalue weighted by molar-refractivity contribution is 0.648. The molecule has 4 rings (SSSR count). The first kappa shape index (κ1) is 12.0. The average molecular weight is 264 g/mol. The Kier molecular flexibility index (Phi) is 2.78. The van der Waals surface area contributed by atoms with Crippen molar-refractivity contribution >= 4 is 21.8 Å². The van der Waals surface area contributed by atoms with Crippen molar-refractivity contribution in [2.45, 2.75) is 32.4 Å². The number of rotatable bonds is 2. The molecule has 0 aliphatic carbocycles. The van der Waals surface area contributed by atoms with E-state index in [4.69, 9.17) is 0 Å². The molecule has 2 heterocycles. The molecule has 0 radical (unpaired) electrons. The molecule has 102 valence electrons. The summed E-state index contributed by atoms with van der Waals surface area (Å²) in [7, 11) is 0. The Morgan fingerprint density at radius 3 is 2.75 bits per heavy atom. The predicted molar refractivity (Wildman–Crippen MR) is 85.1 cm³/mol. The number of fused-ring (bicyclic) bond motifs is 3. The van der Waals surface area contributed by atoms with Gasteiger partial charge in [0.25, 0.3) is 0 Å². The molecule has 3 aromatic rings. The van der Waals surface area contributed by atoms with Gasteiger partial charge in [-0.1, -0.05) is 24.3 Å². The third kappa shape index (κ3) is 1.68. The first-order chi connectivity index (χ1) is 9.88. The average Bonchev–Trinajstić information content (AvgIpc) is 3.12. The van der Waals surface area contributed by atoms with E-state index in [0.717, 1.165) is 13.1 Å². The SMILES string of the molecule is CCn1c2ccccc2c2cc([C@@H]3CCCN3)ccc21. The molecule has 2 heteroatoms. The molecule has 2 aromatic carbocycles. The Bertz CT molecular complexity index is 764. The maximum atomic E-state index is 3.60. The summed E-state index contributed by atoms with van der Waals surface area (Å²) in [4.78, 5) is 0. The van der Waals surface area contributed by atoms with Crippen LogP contribution in [0.5, 0.6) is 0 Å². The Balaban J connectivity index is 1.99. The number of nitrogens with zero attached hydrogens (tertiary/aromatic N) is 1. The third-order valence-corrected chi connectivity index (χ3v) is 4.58. The first-order valence-corrected chi connectivity index (χ1v) is 7.63. The quantitative estimate of drug-likeness (QED) is 0.732. The zero-order valence-electron chi connectivity index (χ0n) is 11.9. The zero-order valence-corrected chi connectivity index (χ0v) is 11.9. The molecular formula is C18H20N2. The van der Waals surface area contributed by atoms with Crippen LogP contribution in [-0.4, -0.2) is 11.1 Å². The fourth-order valence-corrected chi connectivity index (χ4v) is 3.60. The van der Waals surface area contributed by atoms with Crippen LogP contribution < -0.4 is 5.32 Å². The van der Waals surface area contributed by atoms with E-state index >= 15 is 0 Å². The predicted octanol–water partition coefficient (Wildman–Crippen LogP) is 4.24. The van der Waals surface area contributed by atoms with Gasteiger partial charge in [-0.3, -0.25) is 0 Å². The van der Waals surface area contributed by atoms with Crippen molar-refractivity contribution in [3.8, 4) is 0 Å². The number of hydrogen-bond acceptors (Lipinski definition) is 1. The molecular weight excluding hydrogens is 244 g/mol. The van der Waals surface area contributed by atoms with Gasteiger partial charge in [-0.05, 0) is 50.1 Å². The molecule has 2 nitrogen and oxygen atoms in total. The largest absolute Gasteiger partial charge is 0.341 e. The standard InChI is InChI=1S/C18H20N2/c1-2-20-17-8-4-3-6-14(17)15-12-13(9-10-18(15)20)16-7-5-11-19-16/h3-4,6,8-10,12,16,19H,2,5,7,11H2,1H3/t16-/m0/s1. The van der Waals surface area contributed by atoms with Crippen molar-refractivity contribution in [1.82, 2.24) is 9.88 Å². The Morgan fingerprint density at radius 2 is 1.95 bits per heavy atom. The lowest BCUT2D eigenvalue weighted by atomic mass is 10.0. The van der Waals surface area contributed by atoms with Crippen molar-refractivity contribution in [3.05, 3.63) is 48.0 Å². The molecule has 20 heavy (non-hydrogen) atoms. The summed E-state index contributed by atoms with van der Waals surface area (Å²) in [6.45, 7) is 4.39. The first-order valence-electron chi connectivity index (χ1n) is 7.63. The van der Waals surface area contributed by atoms with Gasteiger partial charge in [-0.2, -0.15) is 0 Å². The highest BCUT2D eigenvalue weighted by Gasteiger charge is 2.17. The second-order valence-electron chi connectivity index (χ2n) is 5.69. The van der Waals surface area contributed by atoms with Crippen LogP contribution in [0, 0.1) is 0 Å². The summed E-state index contributed by atoms with van der Waals surface area (Å²) in [6.07, 6.45) is 2.55. The molecule has 0 bridgehead atoms. The summed E-state index contributed by atoms with van der Waals surface area (Å²) in [5.74, 6) is 0. The number of nitrogens with one attached hydrogen (secondary N) is 1. The van der Waals surface area contributed by atoms with E-state index in [1.165, 1.54) is 40.2 Å². The molecule has 1 aliphatic rings. The van der Waals surface area contributed by atoms with Crippen molar-refractivity contribution in [2.24, 2.45) is 0 Å². The smallest absolute Gasteiger partial charge is 0.0491 e. The van der Waals surface area contributed by atoms with Gasteiger partial charge in [-0.25, -0.2) is 0 Å². The van der Waals surface area contributed by atoms with Crippen molar-refractivity contribution < 1.29 is 0 Å². The van der Waals surface area contributed by atoms with Crippen LogP contribution in [-0.2, 0) is 6.54 Å². The lowest BCUT2D eigenvalue weighted by Gasteiger charge is -2.11. The summed E-state index contributed by atoms with van der Waals surface area (Å²) in [5, 5.41) is 6.38. The molecule has 1 fully saturated rings. The number of hydrogen-bond donors (Lipinski definition) is 1. The number of para-hydroxylation sites is 1. The van der Waals surface area contributed by atoms with E-state index in [0.29, 0.717) is 6.04 Å². The van der Waals surface area contributed by atoms with Gasteiger partial charge < -0.3 is 9.88 Å². The monoisotopic (exact) mass is 264 g/mol. The highest BCUT2D eigenvalue weighted by Crippen LogP contribution is 2.32. The van der Waals surface area contributed by atoms with E-state index in [1.807, 2.05) is 0 Å². The molecule has 1 saturated heterocycles. The molecule has 0 saturated carbocycles. The second-order valence-corrected chi connectivity index (χ2v) is 5.69. The molecule has 0 unspecified atom stereocenters. The van der Waals surface area contributed by atoms with E-state index in [-0.39, 0.29) is 0 Å². The maximum absolute atomic E-state index is 3.60. The lowest BCUT2D eigenvalue weighted by Crippen LogP contribution is -2.12. The third-order valence-electron chi connectivity index (χ3n) is 4.58. The van der Waals surface area contributed by atoms with Crippen LogP contribution in [0.15, 0.2) is 42.5 Å². The van der Waals surface area contributed by atoms with Crippen molar-refractivity contribution in [3.63, 3.8) is 0 Å². The number of benzene rings is 2. The van der Waals surface area contributed by atoms with Gasteiger partial charge in [-0.15, -0.1) is 0 Å². The molecule has 0 amide bonds. The highest BCUT2D eigenvalue weighted by atomic mass is 15.0. The molecule has 1 aromatic heterocycles. The van der Waals surface area contributed by atoms with Gasteiger partial charge in [0, 0.05) is 34.4 Å².